The second kappa shape index (κ2) is 5.27. The largest absolute Gasteiger partial charge is 0.378 e. The fourth-order valence-corrected chi connectivity index (χ4v) is 1.28. The van der Waals surface area contributed by atoms with Crippen molar-refractivity contribution in [3.8, 4) is 0 Å². The molecule has 12 heavy (non-hydrogen) atoms. The number of hydrogen-bond donors (Lipinski definition) is 1. The van der Waals surface area contributed by atoms with Crippen molar-refractivity contribution in [3.05, 3.63) is 0 Å². The maximum absolute atomic E-state index is 11.3. The lowest BCUT2D eigenvalue weighted by molar-refractivity contribution is 0.0536. The number of nitrogens with zero attached hydrogens (tertiary/aromatic N) is 1. The third kappa shape index (κ3) is 2.91. The van der Waals surface area contributed by atoms with Crippen LogP contribution < -0.4 is 5.32 Å². The number of amides is 2. The Balaban J connectivity index is 2.20. The van der Waals surface area contributed by atoms with Gasteiger partial charge in [-0.1, -0.05) is 0 Å². The van der Waals surface area contributed by atoms with E-state index >= 15 is 0 Å². The Morgan fingerprint density at radius 1 is 1.58 bits per heavy atom. The van der Waals surface area contributed by atoms with Crippen LogP contribution in [0.5, 0.6) is 0 Å². The first-order valence-corrected chi connectivity index (χ1v) is 5.33. The van der Waals surface area contributed by atoms with Gasteiger partial charge in [0, 0.05) is 13.1 Å². The molecule has 4 nitrogen and oxygen atoms in total. The minimum Gasteiger partial charge on any atom is -0.378 e. The van der Waals surface area contributed by atoms with E-state index in [0.717, 1.165) is 0 Å². The van der Waals surface area contributed by atoms with Crippen LogP contribution in [0, 0.1) is 0 Å². The van der Waals surface area contributed by atoms with E-state index in [1.807, 2.05) is 6.26 Å². The van der Waals surface area contributed by atoms with Crippen LogP contribution in [0.2, 0.25) is 0 Å². The summed E-state index contributed by atoms with van der Waals surface area (Å²) in [7, 11) is 0. The van der Waals surface area contributed by atoms with Crippen LogP contribution in [-0.4, -0.2) is 49.4 Å². The molecule has 0 unspecified atom stereocenters. The number of carbonyl (C=O) groups excluding carboxylic acids is 1. The average Bonchev–Trinajstić information content (AvgIpc) is 2.15. The van der Waals surface area contributed by atoms with Crippen LogP contribution in [0.15, 0.2) is 0 Å². The number of nitrogens with one attached hydrogen (secondary N) is 1. The van der Waals surface area contributed by atoms with Crippen molar-refractivity contribution in [2.24, 2.45) is 0 Å². The number of rotatable bonds is 2. The highest BCUT2D eigenvalue weighted by Gasteiger charge is 2.15. The van der Waals surface area contributed by atoms with Crippen LogP contribution in [0.1, 0.15) is 0 Å². The van der Waals surface area contributed by atoms with Crippen LogP contribution in [-0.2, 0) is 4.74 Å². The lowest BCUT2D eigenvalue weighted by Crippen LogP contribution is -2.46. The quantitative estimate of drug-likeness (QED) is 0.639. The van der Waals surface area contributed by atoms with E-state index in [1.165, 1.54) is 0 Å². The van der Waals surface area contributed by atoms with Gasteiger partial charge in [0.2, 0.25) is 0 Å². The summed E-state index contributed by atoms with van der Waals surface area (Å²) in [6.07, 6.45) is 1.96. The van der Waals surface area contributed by atoms with Gasteiger partial charge in [-0.05, 0) is 6.26 Å². The summed E-state index contributed by atoms with van der Waals surface area (Å²) in [6, 6.07) is 0.0210. The Kier molecular flexibility index (Phi) is 4.24. The molecule has 1 rings (SSSR count). The molecule has 0 saturated carbocycles. The van der Waals surface area contributed by atoms with E-state index in [4.69, 9.17) is 4.74 Å². The van der Waals surface area contributed by atoms with Gasteiger partial charge in [-0.25, -0.2) is 4.79 Å². The third-order valence-electron chi connectivity index (χ3n) is 1.67. The molecule has 5 heteroatoms. The lowest BCUT2D eigenvalue weighted by Gasteiger charge is -2.26. The molecule has 1 heterocycles. The molecular formula is C7H14N2O2S. The molecule has 1 aliphatic rings. The van der Waals surface area contributed by atoms with E-state index in [9.17, 15) is 4.79 Å². The van der Waals surface area contributed by atoms with E-state index in [-0.39, 0.29) is 6.03 Å². The van der Waals surface area contributed by atoms with E-state index < -0.39 is 0 Å². The summed E-state index contributed by atoms with van der Waals surface area (Å²) in [6.45, 7) is 2.74. The molecule has 0 atom stereocenters. The van der Waals surface area contributed by atoms with E-state index in [1.54, 1.807) is 16.7 Å². The summed E-state index contributed by atoms with van der Waals surface area (Å²) in [4.78, 5) is 13.1. The maximum atomic E-state index is 11.3. The monoisotopic (exact) mass is 190 g/mol. The Morgan fingerprint density at radius 3 is 2.83 bits per heavy atom. The molecule has 0 bridgehead atoms. The molecule has 1 fully saturated rings. The molecule has 2 amide bonds. The molecule has 0 aliphatic carbocycles. The predicted octanol–water partition coefficient (Wildman–Crippen LogP) is 0.349. The van der Waals surface area contributed by atoms with Gasteiger partial charge in [-0.3, -0.25) is 0 Å². The predicted molar refractivity (Wildman–Crippen MR) is 49.3 cm³/mol. The van der Waals surface area contributed by atoms with Gasteiger partial charge in [-0.2, -0.15) is 0 Å². The molecular weight excluding hydrogens is 176 g/mol. The van der Waals surface area contributed by atoms with Crippen molar-refractivity contribution >= 4 is 17.8 Å². The number of hydrogen-bond acceptors (Lipinski definition) is 3. The summed E-state index contributed by atoms with van der Waals surface area (Å²) in [5, 5.41) is 2.80. The summed E-state index contributed by atoms with van der Waals surface area (Å²) in [5.74, 6) is 0.677. The van der Waals surface area contributed by atoms with Gasteiger partial charge in [0.25, 0.3) is 0 Å². The van der Waals surface area contributed by atoms with Crippen molar-refractivity contribution in [3.63, 3.8) is 0 Å². The number of carbonyl (C=O) groups is 1. The first kappa shape index (κ1) is 9.67. The molecule has 1 saturated heterocycles. The van der Waals surface area contributed by atoms with Gasteiger partial charge in [0.05, 0.1) is 19.1 Å². The Labute approximate surface area is 76.6 Å². The molecule has 70 valence electrons. The molecule has 0 spiro atoms. The lowest BCUT2D eigenvalue weighted by atomic mass is 10.4. The smallest absolute Gasteiger partial charge is 0.318 e. The number of thioether (sulfide) groups is 1. The summed E-state index contributed by atoms with van der Waals surface area (Å²) >= 11 is 1.60. The fraction of sp³-hybridized carbons (Fsp3) is 0.857. The average molecular weight is 190 g/mol. The first-order valence-electron chi connectivity index (χ1n) is 3.94. The zero-order chi connectivity index (χ0) is 8.81. The highest BCUT2D eigenvalue weighted by Crippen LogP contribution is 1.97. The van der Waals surface area contributed by atoms with Crippen molar-refractivity contribution in [1.82, 2.24) is 10.2 Å². The van der Waals surface area contributed by atoms with Crippen molar-refractivity contribution < 1.29 is 9.53 Å². The second-order valence-corrected chi connectivity index (χ2v) is 3.38. The molecule has 0 aromatic carbocycles. The third-order valence-corrected chi connectivity index (χ3v) is 2.10. The molecule has 0 radical (unpaired) electrons. The Morgan fingerprint density at radius 2 is 2.25 bits per heavy atom. The first-order chi connectivity index (χ1) is 5.84. The van der Waals surface area contributed by atoms with Crippen LogP contribution >= 0.6 is 11.8 Å². The SMILES string of the molecule is CSCNC(=O)N1CCOCC1. The fourth-order valence-electron chi connectivity index (χ4n) is 1.01. The number of urea groups is 1. The van der Waals surface area contributed by atoms with Crippen molar-refractivity contribution in [2.75, 3.05) is 38.4 Å². The standard InChI is InChI=1S/C7H14N2O2S/c1-12-6-8-7(10)9-2-4-11-5-3-9/h2-6H2,1H3,(H,8,10). The molecule has 1 N–H and O–H groups in total. The maximum Gasteiger partial charge on any atom is 0.318 e. The topological polar surface area (TPSA) is 41.6 Å². The number of morpholine rings is 1. The normalized spacial score (nSPS) is 17.6. The minimum atomic E-state index is 0.0210. The summed E-state index contributed by atoms with van der Waals surface area (Å²) in [5.41, 5.74) is 0. The second-order valence-electron chi connectivity index (χ2n) is 2.51. The zero-order valence-corrected chi connectivity index (χ0v) is 8.02. The molecule has 0 aromatic rings. The Hall–Kier alpha value is -0.420. The number of ether oxygens (including phenoxy) is 1. The van der Waals surface area contributed by atoms with Gasteiger partial charge in [0.15, 0.2) is 0 Å². The van der Waals surface area contributed by atoms with Crippen LogP contribution in [0.3, 0.4) is 0 Å². The minimum absolute atomic E-state index is 0.0210. The van der Waals surface area contributed by atoms with Gasteiger partial charge < -0.3 is 15.0 Å². The van der Waals surface area contributed by atoms with E-state index in [0.29, 0.717) is 32.2 Å². The van der Waals surface area contributed by atoms with Crippen LogP contribution in [0.25, 0.3) is 0 Å². The van der Waals surface area contributed by atoms with Gasteiger partial charge in [-0.15, -0.1) is 11.8 Å². The summed E-state index contributed by atoms with van der Waals surface area (Å²) < 4.78 is 5.13. The molecule has 1 aliphatic heterocycles. The zero-order valence-electron chi connectivity index (χ0n) is 7.21. The van der Waals surface area contributed by atoms with E-state index in [2.05, 4.69) is 5.32 Å². The Bertz CT molecular complexity index is 148. The highest BCUT2D eigenvalue weighted by molar-refractivity contribution is 7.98. The highest BCUT2D eigenvalue weighted by atomic mass is 32.2. The van der Waals surface area contributed by atoms with Gasteiger partial charge in [0.1, 0.15) is 0 Å². The van der Waals surface area contributed by atoms with Crippen molar-refractivity contribution in [2.45, 2.75) is 0 Å². The van der Waals surface area contributed by atoms with Crippen molar-refractivity contribution in [1.29, 1.82) is 0 Å². The van der Waals surface area contributed by atoms with Crippen LogP contribution in [0.4, 0.5) is 4.79 Å². The molecule has 0 aromatic heterocycles. The van der Waals surface area contributed by atoms with Gasteiger partial charge >= 0.3 is 6.03 Å².